The highest BCUT2D eigenvalue weighted by atomic mass is 35.5. The van der Waals surface area contributed by atoms with Gasteiger partial charge in [-0.05, 0) is 12.1 Å². The molecule has 0 aliphatic heterocycles. The van der Waals surface area contributed by atoms with Gasteiger partial charge >= 0.3 is 0 Å². The summed E-state index contributed by atoms with van der Waals surface area (Å²) < 4.78 is 0. The Bertz CT molecular complexity index is 256. The molecule has 14 heavy (non-hydrogen) atoms. The maximum Gasteiger partial charge on any atom is 0.225 e. The van der Waals surface area contributed by atoms with E-state index in [1.807, 2.05) is 0 Å². The molecule has 1 amide bonds. The van der Waals surface area contributed by atoms with Crippen LogP contribution in [0.4, 0.5) is 5.69 Å². The number of halogens is 2. The SMILES string of the molecule is Cl.Cl.NCCC(=O)Nc1ccncc1. The molecule has 0 radical (unpaired) electrons. The molecule has 0 aliphatic rings. The summed E-state index contributed by atoms with van der Waals surface area (Å²) in [6.07, 6.45) is 3.60. The van der Waals surface area contributed by atoms with Crippen molar-refractivity contribution >= 4 is 36.4 Å². The molecule has 0 saturated carbocycles. The molecular weight excluding hydrogens is 225 g/mol. The fourth-order valence-electron chi connectivity index (χ4n) is 0.790. The number of carbonyl (C=O) groups is 1. The topological polar surface area (TPSA) is 68.0 Å². The lowest BCUT2D eigenvalue weighted by atomic mass is 10.3. The molecule has 80 valence electrons. The highest BCUT2D eigenvalue weighted by molar-refractivity contribution is 5.90. The van der Waals surface area contributed by atoms with Crippen LogP contribution in [0.15, 0.2) is 24.5 Å². The van der Waals surface area contributed by atoms with Crippen LogP contribution in [0.5, 0.6) is 0 Å². The van der Waals surface area contributed by atoms with Crippen molar-refractivity contribution in [2.45, 2.75) is 6.42 Å². The van der Waals surface area contributed by atoms with Crippen LogP contribution in [0.25, 0.3) is 0 Å². The number of rotatable bonds is 3. The lowest BCUT2D eigenvalue weighted by molar-refractivity contribution is -0.116. The van der Waals surface area contributed by atoms with Crippen LogP contribution >= 0.6 is 24.8 Å². The highest BCUT2D eigenvalue weighted by Crippen LogP contribution is 2.02. The van der Waals surface area contributed by atoms with Crippen LogP contribution in [0.2, 0.25) is 0 Å². The van der Waals surface area contributed by atoms with E-state index < -0.39 is 0 Å². The summed E-state index contributed by atoms with van der Waals surface area (Å²) in [7, 11) is 0. The molecule has 1 aromatic heterocycles. The van der Waals surface area contributed by atoms with Crippen molar-refractivity contribution in [1.29, 1.82) is 0 Å². The number of amides is 1. The van der Waals surface area contributed by atoms with E-state index in [1.54, 1.807) is 24.5 Å². The predicted octanol–water partition coefficient (Wildman–Crippen LogP) is 1.21. The smallest absolute Gasteiger partial charge is 0.225 e. The Hall–Kier alpha value is -0.840. The molecule has 0 unspecified atom stereocenters. The van der Waals surface area contributed by atoms with E-state index in [4.69, 9.17) is 5.73 Å². The van der Waals surface area contributed by atoms with Crippen LogP contribution in [0.1, 0.15) is 6.42 Å². The van der Waals surface area contributed by atoms with Crippen LogP contribution < -0.4 is 11.1 Å². The summed E-state index contributed by atoms with van der Waals surface area (Å²) in [5, 5.41) is 2.68. The molecule has 0 aromatic carbocycles. The van der Waals surface area contributed by atoms with Gasteiger partial charge in [0.15, 0.2) is 0 Å². The maximum atomic E-state index is 11.0. The van der Waals surface area contributed by atoms with Crippen molar-refractivity contribution in [3.05, 3.63) is 24.5 Å². The molecule has 0 saturated heterocycles. The largest absolute Gasteiger partial charge is 0.330 e. The Morgan fingerprint density at radius 3 is 2.43 bits per heavy atom. The molecule has 0 bridgehead atoms. The minimum atomic E-state index is -0.0660. The van der Waals surface area contributed by atoms with Gasteiger partial charge in [0.25, 0.3) is 0 Å². The van der Waals surface area contributed by atoms with Crippen LogP contribution in [0.3, 0.4) is 0 Å². The number of anilines is 1. The molecule has 1 heterocycles. The summed E-state index contributed by atoms with van der Waals surface area (Å²) in [4.78, 5) is 14.8. The number of pyridine rings is 1. The lowest BCUT2D eigenvalue weighted by Gasteiger charge is -2.01. The minimum absolute atomic E-state index is 0. The molecule has 0 spiro atoms. The Morgan fingerprint density at radius 2 is 1.93 bits per heavy atom. The van der Waals surface area contributed by atoms with Gasteiger partial charge in [0, 0.05) is 31.0 Å². The van der Waals surface area contributed by atoms with Gasteiger partial charge in [0.1, 0.15) is 0 Å². The van der Waals surface area contributed by atoms with Gasteiger partial charge in [-0.3, -0.25) is 9.78 Å². The first kappa shape index (κ1) is 15.6. The van der Waals surface area contributed by atoms with E-state index in [0.717, 1.165) is 5.69 Å². The number of hydrogen-bond acceptors (Lipinski definition) is 3. The molecule has 0 fully saturated rings. The third-order valence-electron chi connectivity index (χ3n) is 1.34. The van der Waals surface area contributed by atoms with Crippen molar-refractivity contribution in [1.82, 2.24) is 4.98 Å². The van der Waals surface area contributed by atoms with E-state index in [0.29, 0.717) is 13.0 Å². The zero-order valence-corrected chi connectivity index (χ0v) is 9.11. The van der Waals surface area contributed by atoms with E-state index in [-0.39, 0.29) is 30.7 Å². The third-order valence-corrected chi connectivity index (χ3v) is 1.34. The quantitative estimate of drug-likeness (QED) is 0.831. The van der Waals surface area contributed by atoms with E-state index in [1.165, 1.54) is 0 Å². The number of nitrogens with zero attached hydrogens (tertiary/aromatic N) is 1. The fraction of sp³-hybridized carbons (Fsp3) is 0.250. The fourth-order valence-corrected chi connectivity index (χ4v) is 0.790. The Kier molecular flexibility index (Phi) is 9.76. The highest BCUT2D eigenvalue weighted by Gasteiger charge is 1.98. The van der Waals surface area contributed by atoms with E-state index in [9.17, 15) is 4.79 Å². The van der Waals surface area contributed by atoms with Crippen LogP contribution in [0, 0.1) is 0 Å². The monoisotopic (exact) mass is 237 g/mol. The van der Waals surface area contributed by atoms with Crippen molar-refractivity contribution in [3.63, 3.8) is 0 Å². The first-order valence-corrected chi connectivity index (χ1v) is 3.73. The second-order valence-electron chi connectivity index (χ2n) is 2.32. The second-order valence-corrected chi connectivity index (χ2v) is 2.32. The molecule has 0 aliphatic carbocycles. The van der Waals surface area contributed by atoms with E-state index >= 15 is 0 Å². The van der Waals surface area contributed by atoms with Gasteiger partial charge in [-0.15, -0.1) is 24.8 Å². The number of hydrogen-bond donors (Lipinski definition) is 2. The normalized spacial score (nSPS) is 8.07. The minimum Gasteiger partial charge on any atom is -0.330 e. The number of aromatic nitrogens is 1. The molecule has 3 N–H and O–H groups in total. The van der Waals surface area contributed by atoms with Crippen molar-refractivity contribution < 1.29 is 4.79 Å². The Labute approximate surface area is 95.1 Å². The van der Waals surface area contributed by atoms with Gasteiger partial charge in [-0.1, -0.05) is 0 Å². The zero-order chi connectivity index (χ0) is 8.81. The summed E-state index contributed by atoms with van der Waals surface area (Å²) in [5.41, 5.74) is 5.96. The summed E-state index contributed by atoms with van der Waals surface area (Å²) in [6.45, 7) is 0.372. The number of nitrogens with two attached hydrogens (primary N) is 1. The number of nitrogens with one attached hydrogen (secondary N) is 1. The van der Waals surface area contributed by atoms with Gasteiger partial charge in [0.2, 0.25) is 5.91 Å². The van der Waals surface area contributed by atoms with Crippen molar-refractivity contribution in [3.8, 4) is 0 Å². The van der Waals surface area contributed by atoms with Gasteiger partial charge in [0.05, 0.1) is 0 Å². The Morgan fingerprint density at radius 1 is 1.36 bits per heavy atom. The van der Waals surface area contributed by atoms with Gasteiger partial charge in [-0.25, -0.2) is 0 Å². The lowest BCUT2D eigenvalue weighted by Crippen LogP contribution is -2.15. The molecule has 0 atom stereocenters. The zero-order valence-electron chi connectivity index (χ0n) is 7.47. The standard InChI is InChI=1S/C8H11N3O.2ClH/c9-4-1-8(12)11-7-2-5-10-6-3-7;;/h2-3,5-6H,1,4,9H2,(H,10,11,12);2*1H. The number of carbonyl (C=O) groups excluding carboxylic acids is 1. The van der Waals surface area contributed by atoms with E-state index in [2.05, 4.69) is 10.3 Å². The second kappa shape index (κ2) is 8.74. The van der Waals surface area contributed by atoms with Crippen LogP contribution in [-0.2, 0) is 4.79 Å². The molecular formula is C8H13Cl2N3O. The van der Waals surface area contributed by atoms with Crippen LogP contribution in [-0.4, -0.2) is 17.4 Å². The van der Waals surface area contributed by atoms with Gasteiger partial charge in [-0.2, -0.15) is 0 Å². The maximum absolute atomic E-state index is 11.0. The first-order chi connectivity index (χ1) is 5.83. The van der Waals surface area contributed by atoms with Crippen molar-refractivity contribution in [2.24, 2.45) is 5.73 Å². The summed E-state index contributed by atoms with van der Waals surface area (Å²) in [5.74, 6) is -0.0660. The molecule has 4 nitrogen and oxygen atoms in total. The summed E-state index contributed by atoms with van der Waals surface area (Å²) >= 11 is 0. The summed E-state index contributed by atoms with van der Waals surface area (Å²) in [6, 6.07) is 3.46. The van der Waals surface area contributed by atoms with Crippen molar-refractivity contribution in [2.75, 3.05) is 11.9 Å². The predicted molar refractivity (Wildman–Crippen MR) is 61.0 cm³/mol. The molecule has 1 rings (SSSR count). The average Bonchev–Trinajstić information content (AvgIpc) is 2.06. The average molecular weight is 238 g/mol. The molecule has 1 aromatic rings. The Balaban J connectivity index is 0. The first-order valence-electron chi connectivity index (χ1n) is 3.73. The molecule has 6 heteroatoms. The van der Waals surface area contributed by atoms with Gasteiger partial charge < -0.3 is 11.1 Å². The third kappa shape index (κ3) is 5.75.